The molecule has 30 heavy (non-hydrogen) atoms. The molecule has 1 aliphatic heterocycles. The van der Waals surface area contributed by atoms with E-state index in [2.05, 4.69) is 5.32 Å². The molecule has 0 spiro atoms. The minimum atomic E-state index is -1.13. The number of nitrogens with one attached hydrogen (secondary N) is 1. The van der Waals surface area contributed by atoms with Gasteiger partial charge in [0, 0.05) is 0 Å². The Morgan fingerprint density at radius 2 is 1.77 bits per heavy atom. The first-order valence-electron chi connectivity index (χ1n) is 9.94. The zero-order valence-corrected chi connectivity index (χ0v) is 17.6. The van der Waals surface area contributed by atoms with Crippen LogP contribution in [-0.4, -0.2) is 36.0 Å². The lowest BCUT2D eigenvalue weighted by atomic mass is 9.95. The van der Waals surface area contributed by atoms with Crippen LogP contribution >= 0.6 is 0 Å². The maximum atomic E-state index is 13.2. The number of nitrogens with zero attached hydrogens (tertiary/aromatic N) is 1. The summed E-state index contributed by atoms with van der Waals surface area (Å²) in [7, 11) is 0. The number of rotatable bonds is 6. The summed E-state index contributed by atoms with van der Waals surface area (Å²) in [6.45, 7) is 7.41. The highest BCUT2D eigenvalue weighted by Gasteiger charge is 2.45. The molecule has 3 rings (SSSR count). The van der Waals surface area contributed by atoms with Gasteiger partial charge in [0.2, 0.25) is 5.91 Å². The van der Waals surface area contributed by atoms with Crippen LogP contribution in [0.2, 0.25) is 0 Å². The number of benzene rings is 2. The monoisotopic (exact) mass is 410 g/mol. The van der Waals surface area contributed by atoms with Gasteiger partial charge in [-0.3, -0.25) is 14.5 Å². The topological polar surface area (TPSA) is 84.9 Å². The van der Waals surface area contributed by atoms with Crippen LogP contribution in [0.1, 0.15) is 44.5 Å². The molecule has 0 aliphatic carbocycles. The van der Waals surface area contributed by atoms with Crippen molar-refractivity contribution in [3.8, 4) is 5.75 Å². The maximum Gasteiger partial charge on any atom is 0.338 e. The van der Waals surface area contributed by atoms with E-state index in [1.54, 1.807) is 62.4 Å². The molecular formula is C23H26N2O5. The van der Waals surface area contributed by atoms with E-state index in [9.17, 15) is 14.4 Å². The number of anilines is 2. The molecule has 1 N–H and O–H groups in total. The third-order valence-corrected chi connectivity index (χ3v) is 4.92. The largest absolute Gasteiger partial charge is 0.494 e. The molecule has 1 aliphatic rings. The molecule has 2 amide bonds. The smallest absolute Gasteiger partial charge is 0.338 e. The van der Waals surface area contributed by atoms with Crippen molar-refractivity contribution >= 4 is 29.2 Å². The number of ether oxygens (including phenoxy) is 2. The molecule has 158 valence electrons. The van der Waals surface area contributed by atoms with Crippen LogP contribution in [-0.2, 0) is 14.3 Å². The highest BCUT2D eigenvalue weighted by molar-refractivity contribution is 6.15. The van der Waals surface area contributed by atoms with Gasteiger partial charge < -0.3 is 14.8 Å². The highest BCUT2D eigenvalue weighted by Crippen LogP contribution is 2.37. The number of fused-ring (bicyclic) bond motifs is 1. The summed E-state index contributed by atoms with van der Waals surface area (Å²) in [6.07, 6.45) is -0.191. The van der Waals surface area contributed by atoms with Crippen LogP contribution in [0.4, 0.5) is 11.4 Å². The van der Waals surface area contributed by atoms with E-state index in [-0.39, 0.29) is 5.91 Å². The molecule has 0 bridgehead atoms. The van der Waals surface area contributed by atoms with Gasteiger partial charge >= 0.3 is 5.97 Å². The number of carbonyl (C=O) groups excluding carboxylic acids is 3. The van der Waals surface area contributed by atoms with E-state index in [4.69, 9.17) is 9.47 Å². The van der Waals surface area contributed by atoms with E-state index in [0.29, 0.717) is 29.3 Å². The van der Waals surface area contributed by atoms with Gasteiger partial charge in [-0.2, -0.15) is 0 Å². The van der Waals surface area contributed by atoms with Crippen molar-refractivity contribution in [3.05, 3.63) is 54.1 Å². The van der Waals surface area contributed by atoms with E-state index >= 15 is 0 Å². The third-order valence-electron chi connectivity index (χ3n) is 4.92. The molecule has 0 saturated heterocycles. The fourth-order valence-corrected chi connectivity index (χ4v) is 3.21. The number of esters is 1. The minimum absolute atomic E-state index is 0.309. The van der Waals surface area contributed by atoms with E-state index < -0.39 is 23.5 Å². The zero-order chi connectivity index (χ0) is 21.9. The summed E-state index contributed by atoms with van der Waals surface area (Å²) in [5.74, 6) is -0.741. The van der Waals surface area contributed by atoms with Crippen molar-refractivity contribution in [1.82, 2.24) is 0 Å². The molecule has 0 radical (unpaired) electrons. The first-order chi connectivity index (χ1) is 14.3. The third kappa shape index (κ3) is 4.15. The van der Waals surface area contributed by atoms with Gasteiger partial charge in [0.05, 0.1) is 23.5 Å². The van der Waals surface area contributed by atoms with Crippen molar-refractivity contribution in [3.63, 3.8) is 0 Å². The summed E-state index contributed by atoms with van der Waals surface area (Å²) >= 11 is 0. The highest BCUT2D eigenvalue weighted by atomic mass is 16.5. The van der Waals surface area contributed by atoms with Gasteiger partial charge in [0.1, 0.15) is 11.3 Å². The molecule has 0 aromatic heterocycles. The van der Waals surface area contributed by atoms with Crippen molar-refractivity contribution in [2.75, 3.05) is 16.8 Å². The molecule has 7 nitrogen and oxygen atoms in total. The van der Waals surface area contributed by atoms with Crippen LogP contribution < -0.4 is 15.0 Å². The lowest BCUT2D eigenvalue weighted by molar-refractivity contribution is -0.131. The second-order valence-electron chi connectivity index (χ2n) is 7.62. The standard InChI is InChI=1S/C23H26N2O5/c1-5-14-29-17-12-10-16(11-13-17)21(27)30-15(2)20(26)25-19-9-7-6-8-18(19)24-22(28)23(25,3)4/h6-13,15H,5,14H2,1-4H3,(H,24,28)/t15-/m1/s1. The molecule has 0 saturated carbocycles. The number of amides is 2. The number of hydrogen-bond donors (Lipinski definition) is 1. The predicted molar refractivity (Wildman–Crippen MR) is 114 cm³/mol. The number of hydrogen-bond acceptors (Lipinski definition) is 5. The molecule has 0 fully saturated rings. The molecule has 7 heteroatoms. The quantitative estimate of drug-likeness (QED) is 0.733. The van der Waals surface area contributed by atoms with Crippen LogP contribution in [0.5, 0.6) is 5.75 Å². The molecule has 1 atom stereocenters. The first kappa shape index (κ1) is 21.4. The second-order valence-corrected chi connectivity index (χ2v) is 7.62. The van der Waals surface area contributed by atoms with Crippen molar-refractivity contribution in [2.24, 2.45) is 0 Å². The molecule has 0 unspecified atom stereocenters. The van der Waals surface area contributed by atoms with Crippen molar-refractivity contribution < 1.29 is 23.9 Å². The molecule has 1 heterocycles. The SMILES string of the molecule is CCCOc1ccc(C(=O)O[C@H](C)C(=O)N2c3ccccc3NC(=O)C2(C)C)cc1. The molecule has 2 aromatic rings. The van der Waals surface area contributed by atoms with Crippen molar-refractivity contribution in [2.45, 2.75) is 45.8 Å². The average molecular weight is 410 g/mol. The number of para-hydroxylation sites is 2. The van der Waals surface area contributed by atoms with Gasteiger partial charge in [-0.25, -0.2) is 4.79 Å². The van der Waals surface area contributed by atoms with Crippen LogP contribution in [0.3, 0.4) is 0 Å². The fraction of sp³-hybridized carbons (Fsp3) is 0.348. The summed E-state index contributed by atoms with van der Waals surface area (Å²) in [6, 6.07) is 13.6. The lowest BCUT2D eigenvalue weighted by Crippen LogP contribution is -2.60. The Hall–Kier alpha value is -3.35. The summed E-state index contributed by atoms with van der Waals surface area (Å²) < 4.78 is 10.9. The van der Waals surface area contributed by atoms with Gasteiger partial charge in [-0.05, 0) is 63.6 Å². The zero-order valence-electron chi connectivity index (χ0n) is 17.6. The van der Waals surface area contributed by atoms with Crippen LogP contribution in [0.15, 0.2) is 48.5 Å². The Morgan fingerprint density at radius 1 is 1.10 bits per heavy atom. The van der Waals surface area contributed by atoms with Gasteiger partial charge in [0.25, 0.3) is 5.91 Å². The Bertz CT molecular complexity index is 952. The average Bonchev–Trinajstić information content (AvgIpc) is 2.73. The lowest BCUT2D eigenvalue weighted by Gasteiger charge is -2.42. The summed E-state index contributed by atoms with van der Waals surface area (Å²) in [4.78, 5) is 39.7. The van der Waals surface area contributed by atoms with E-state index in [0.717, 1.165) is 6.42 Å². The molecule has 2 aromatic carbocycles. The fourth-order valence-electron chi connectivity index (χ4n) is 3.21. The van der Waals surface area contributed by atoms with E-state index in [1.807, 2.05) is 6.92 Å². The minimum Gasteiger partial charge on any atom is -0.494 e. The Balaban J connectivity index is 1.76. The summed E-state index contributed by atoms with van der Waals surface area (Å²) in [5, 5.41) is 2.81. The van der Waals surface area contributed by atoms with Crippen LogP contribution in [0, 0.1) is 0 Å². The normalized spacial score (nSPS) is 15.6. The summed E-state index contributed by atoms with van der Waals surface area (Å²) in [5.41, 5.74) is 0.281. The van der Waals surface area contributed by atoms with Gasteiger partial charge in [-0.1, -0.05) is 19.1 Å². The Kier molecular flexibility index (Phi) is 6.10. The van der Waals surface area contributed by atoms with Gasteiger partial charge in [0.15, 0.2) is 6.10 Å². The first-order valence-corrected chi connectivity index (χ1v) is 9.94. The second kappa shape index (κ2) is 8.57. The number of carbonyl (C=O) groups is 3. The molecular weight excluding hydrogens is 384 g/mol. The van der Waals surface area contributed by atoms with Crippen molar-refractivity contribution in [1.29, 1.82) is 0 Å². The van der Waals surface area contributed by atoms with E-state index in [1.165, 1.54) is 11.8 Å². The van der Waals surface area contributed by atoms with Gasteiger partial charge in [-0.15, -0.1) is 0 Å². The Labute approximate surface area is 176 Å². The predicted octanol–water partition coefficient (Wildman–Crippen LogP) is 3.78. The van der Waals surface area contributed by atoms with Crippen LogP contribution in [0.25, 0.3) is 0 Å². The maximum absolute atomic E-state index is 13.2. The Morgan fingerprint density at radius 3 is 2.43 bits per heavy atom.